The van der Waals surface area contributed by atoms with Gasteiger partial charge in [0.2, 0.25) is 5.91 Å². The summed E-state index contributed by atoms with van der Waals surface area (Å²) in [5.41, 5.74) is 1.68. The third-order valence-electron chi connectivity index (χ3n) is 5.12. The fraction of sp³-hybridized carbons (Fsp3) is 0.654. The molecule has 0 aliphatic carbocycles. The van der Waals surface area contributed by atoms with Gasteiger partial charge in [-0.25, -0.2) is 0 Å². The number of aliphatic hydroxyl groups excluding tert-OH is 1. The van der Waals surface area contributed by atoms with E-state index in [9.17, 15) is 4.79 Å². The number of hydrogen-bond donors (Lipinski definition) is 1. The zero-order valence-electron chi connectivity index (χ0n) is 20.1. The molecular weight excluding hydrogens is 358 g/mol. The standard InChI is InChI=1S/C14H19NO.C9H18.C3H8O/c1-10-9-15(14(16)11(10)2)12(3)13-7-5-4-6-8-13;1-5-6-7-8-9(2,3)4;1-2-3-4/h4-8,10-12H,9H2,1-3H3;6-7H,5,8H2,1-4H3;4H,2-3H2,1H3/b;7-6+;. The molecule has 3 atom stereocenters. The lowest BCUT2D eigenvalue weighted by atomic mass is 9.92. The zero-order chi connectivity index (χ0) is 22.4. The number of carbonyl (C=O) groups is 1. The minimum atomic E-state index is 0.172. The van der Waals surface area contributed by atoms with Crippen LogP contribution in [0.15, 0.2) is 42.5 Å². The van der Waals surface area contributed by atoms with Crippen LogP contribution in [0.25, 0.3) is 0 Å². The number of hydrogen-bond acceptors (Lipinski definition) is 2. The van der Waals surface area contributed by atoms with Gasteiger partial charge in [0.05, 0.1) is 6.04 Å². The van der Waals surface area contributed by atoms with Crippen molar-refractivity contribution in [2.75, 3.05) is 13.2 Å². The van der Waals surface area contributed by atoms with Crippen LogP contribution < -0.4 is 0 Å². The molecule has 2 rings (SSSR count). The molecule has 1 saturated heterocycles. The van der Waals surface area contributed by atoms with Crippen molar-refractivity contribution in [3.05, 3.63) is 48.0 Å². The minimum Gasteiger partial charge on any atom is -0.396 e. The zero-order valence-corrected chi connectivity index (χ0v) is 20.1. The predicted octanol–water partition coefficient (Wildman–Crippen LogP) is 6.64. The van der Waals surface area contributed by atoms with Gasteiger partial charge in [-0.05, 0) is 43.1 Å². The maximum atomic E-state index is 12.1. The maximum absolute atomic E-state index is 12.1. The van der Waals surface area contributed by atoms with Crippen molar-refractivity contribution in [1.29, 1.82) is 0 Å². The van der Waals surface area contributed by atoms with E-state index >= 15 is 0 Å². The second-order valence-corrected chi connectivity index (χ2v) is 9.21. The quantitative estimate of drug-likeness (QED) is 0.560. The molecule has 1 aromatic carbocycles. The van der Waals surface area contributed by atoms with Crippen molar-refractivity contribution in [1.82, 2.24) is 4.90 Å². The van der Waals surface area contributed by atoms with E-state index in [1.807, 2.05) is 36.9 Å². The lowest BCUT2D eigenvalue weighted by Gasteiger charge is -2.25. The van der Waals surface area contributed by atoms with Crippen molar-refractivity contribution in [2.24, 2.45) is 17.3 Å². The average Bonchev–Trinajstić information content (AvgIpc) is 2.95. The number of benzene rings is 1. The van der Waals surface area contributed by atoms with Crippen molar-refractivity contribution in [3.63, 3.8) is 0 Å². The van der Waals surface area contributed by atoms with E-state index in [2.05, 4.69) is 65.8 Å². The summed E-state index contributed by atoms with van der Waals surface area (Å²) in [4.78, 5) is 14.1. The van der Waals surface area contributed by atoms with Crippen LogP contribution in [0.1, 0.15) is 86.3 Å². The molecule has 1 amide bonds. The first-order valence-corrected chi connectivity index (χ1v) is 11.2. The van der Waals surface area contributed by atoms with E-state index in [1.165, 1.54) is 12.0 Å². The Kier molecular flexibility index (Phi) is 13.6. The number of allylic oxidation sites excluding steroid dienone is 2. The van der Waals surface area contributed by atoms with Crippen LogP contribution >= 0.6 is 0 Å². The van der Waals surface area contributed by atoms with Gasteiger partial charge in [0, 0.05) is 19.1 Å². The van der Waals surface area contributed by atoms with Crippen LogP contribution in [0.5, 0.6) is 0 Å². The molecule has 0 aromatic heterocycles. The average molecular weight is 404 g/mol. The second kappa shape index (κ2) is 14.4. The lowest BCUT2D eigenvalue weighted by Crippen LogP contribution is -2.29. The largest absolute Gasteiger partial charge is 0.396 e. The molecule has 1 N–H and O–H groups in total. The van der Waals surface area contributed by atoms with Crippen molar-refractivity contribution >= 4 is 5.91 Å². The third-order valence-corrected chi connectivity index (χ3v) is 5.12. The van der Waals surface area contributed by atoms with Gasteiger partial charge in [0.1, 0.15) is 0 Å². The van der Waals surface area contributed by atoms with E-state index in [0.717, 1.165) is 19.4 Å². The molecule has 166 valence electrons. The van der Waals surface area contributed by atoms with Crippen LogP contribution in [0, 0.1) is 17.3 Å². The highest BCUT2D eigenvalue weighted by molar-refractivity contribution is 5.81. The number of rotatable bonds is 5. The molecule has 3 unspecified atom stereocenters. The van der Waals surface area contributed by atoms with Crippen molar-refractivity contribution < 1.29 is 9.90 Å². The van der Waals surface area contributed by atoms with Crippen LogP contribution in [0.2, 0.25) is 0 Å². The minimum absolute atomic E-state index is 0.172. The molecule has 0 bridgehead atoms. The summed E-state index contributed by atoms with van der Waals surface area (Å²) in [5, 5.41) is 7.88. The lowest BCUT2D eigenvalue weighted by molar-refractivity contribution is -0.132. The fourth-order valence-electron chi connectivity index (χ4n) is 2.93. The van der Waals surface area contributed by atoms with Gasteiger partial charge in [-0.1, -0.05) is 91.0 Å². The maximum Gasteiger partial charge on any atom is 0.226 e. The molecule has 0 spiro atoms. The van der Waals surface area contributed by atoms with Gasteiger partial charge in [-0.2, -0.15) is 0 Å². The Morgan fingerprint density at radius 2 is 1.69 bits per heavy atom. The Labute approximate surface area is 180 Å². The Bertz CT molecular complexity index is 572. The molecule has 29 heavy (non-hydrogen) atoms. The molecular formula is C26H45NO2. The van der Waals surface area contributed by atoms with Crippen LogP contribution in [-0.2, 0) is 4.79 Å². The van der Waals surface area contributed by atoms with E-state index in [1.54, 1.807) is 0 Å². The molecule has 1 aliphatic rings. The second-order valence-electron chi connectivity index (χ2n) is 9.21. The summed E-state index contributed by atoms with van der Waals surface area (Å²) in [6.45, 7) is 18.4. The van der Waals surface area contributed by atoms with Crippen molar-refractivity contribution in [2.45, 2.75) is 80.7 Å². The Hall–Kier alpha value is -1.61. The highest BCUT2D eigenvalue weighted by Gasteiger charge is 2.36. The molecule has 0 saturated carbocycles. The number of nitrogens with zero attached hydrogens (tertiary/aromatic N) is 1. The summed E-state index contributed by atoms with van der Waals surface area (Å²) in [6, 6.07) is 10.4. The number of likely N-dealkylation sites (tertiary alicyclic amines) is 1. The normalized spacial score (nSPS) is 20.0. The monoisotopic (exact) mass is 403 g/mol. The first-order chi connectivity index (χ1) is 13.6. The smallest absolute Gasteiger partial charge is 0.226 e. The molecule has 1 aromatic rings. The Balaban J connectivity index is 0.000000512. The highest BCUT2D eigenvalue weighted by atomic mass is 16.2. The van der Waals surface area contributed by atoms with Gasteiger partial charge in [-0.3, -0.25) is 4.79 Å². The number of aliphatic hydroxyl groups is 1. The van der Waals surface area contributed by atoms with Gasteiger partial charge >= 0.3 is 0 Å². The van der Waals surface area contributed by atoms with E-state index < -0.39 is 0 Å². The fourth-order valence-corrected chi connectivity index (χ4v) is 2.93. The highest BCUT2D eigenvalue weighted by Crippen LogP contribution is 2.31. The first kappa shape index (κ1) is 27.4. The molecule has 1 heterocycles. The summed E-state index contributed by atoms with van der Waals surface area (Å²) >= 11 is 0. The van der Waals surface area contributed by atoms with E-state index in [4.69, 9.17) is 5.11 Å². The van der Waals surface area contributed by atoms with Gasteiger partial charge in [0.25, 0.3) is 0 Å². The number of amides is 1. The van der Waals surface area contributed by atoms with Crippen molar-refractivity contribution in [3.8, 4) is 0 Å². The molecule has 3 heteroatoms. The topological polar surface area (TPSA) is 40.5 Å². The predicted molar refractivity (Wildman–Crippen MR) is 126 cm³/mol. The summed E-state index contributed by atoms with van der Waals surface area (Å²) in [6.07, 6.45) is 7.72. The molecule has 1 fully saturated rings. The van der Waals surface area contributed by atoms with Crippen LogP contribution in [0.4, 0.5) is 0 Å². The summed E-state index contributed by atoms with van der Waals surface area (Å²) < 4.78 is 0. The third kappa shape index (κ3) is 11.2. The van der Waals surface area contributed by atoms with E-state index in [0.29, 0.717) is 23.8 Å². The van der Waals surface area contributed by atoms with Crippen LogP contribution in [0.3, 0.4) is 0 Å². The Morgan fingerprint density at radius 3 is 2.07 bits per heavy atom. The van der Waals surface area contributed by atoms with E-state index in [-0.39, 0.29) is 12.0 Å². The van der Waals surface area contributed by atoms with Crippen LogP contribution in [-0.4, -0.2) is 29.1 Å². The molecule has 1 aliphatic heterocycles. The molecule has 3 nitrogen and oxygen atoms in total. The summed E-state index contributed by atoms with van der Waals surface area (Å²) in [7, 11) is 0. The first-order valence-electron chi connectivity index (χ1n) is 11.2. The molecule has 0 radical (unpaired) electrons. The van der Waals surface area contributed by atoms with Gasteiger partial charge in [-0.15, -0.1) is 0 Å². The van der Waals surface area contributed by atoms with Gasteiger partial charge < -0.3 is 10.0 Å². The summed E-state index contributed by atoms with van der Waals surface area (Å²) in [5.74, 6) is 0.939. The SMILES string of the molecule is CC/C=C/CC(C)(C)C.CC1CN(C(C)c2ccccc2)C(=O)C1C.CCCO. The van der Waals surface area contributed by atoms with Gasteiger partial charge in [0.15, 0.2) is 0 Å². The number of carbonyl (C=O) groups excluding carboxylic acids is 1. The Morgan fingerprint density at radius 1 is 1.14 bits per heavy atom.